The molecule has 0 atom stereocenters. The number of aliphatic imine (C=N–C) groups is 1. The van der Waals surface area contributed by atoms with Crippen LogP contribution in [0.15, 0.2) is 4.99 Å². The van der Waals surface area contributed by atoms with Crippen molar-refractivity contribution < 1.29 is 4.74 Å². The molecule has 1 aliphatic rings. The molecule has 1 heterocycles. The molecule has 1 radical (unpaired) electrons. The Morgan fingerprint density at radius 2 is 2.38 bits per heavy atom. The maximum absolute atomic E-state index is 5.09. The van der Waals surface area contributed by atoms with Gasteiger partial charge in [-0.2, -0.15) is 0 Å². The summed E-state index contributed by atoms with van der Waals surface area (Å²) in [5.74, 6) is 0. The van der Waals surface area contributed by atoms with Gasteiger partial charge < -0.3 is 0 Å². The zero-order chi connectivity index (χ0) is 5.98. The van der Waals surface area contributed by atoms with E-state index < -0.39 is 0 Å². The number of hydrogen-bond donors (Lipinski definition) is 0. The average Bonchev–Trinajstić information content (AvgIpc) is 1.77. The molecule has 4 heteroatoms. The molecule has 0 aromatic heterocycles. The summed E-state index contributed by atoms with van der Waals surface area (Å²) in [4.78, 5) is 4.08. The van der Waals surface area contributed by atoms with Gasteiger partial charge >= 0.3 is 63.7 Å². The van der Waals surface area contributed by atoms with Crippen LogP contribution in [-0.2, 0) is 4.74 Å². The van der Waals surface area contributed by atoms with Crippen molar-refractivity contribution in [2.75, 3.05) is 13.2 Å². The molecular weight excluding hydrogens is 236 g/mol. The Morgan fingerprint density at radius 3 is 2.75 bits per heavy atom. The fourth-order valence-electron chi connectivity index (χ4n) is 0.412. The van der Waals surface area contributed by atoms with Crippen molar-refractivity contribution in [1.29, 1.82) is 0 Å². The first kappa shape index (κ1) is 6.50. The van der Waals surface area contributed by atoms with Gasteiger partial charge in [-0.1, -0.05) is 0 Å². The molecule has 0 bridgehead atoms. The first-order chi connectivity index (χ1) is 3.80. The molecule has 2 nitrogen and oxygen atoms in total. The molecule has 0 saturated carbocycles. The van der Waals surface area contributed by atoms with Crippen LogP contribution in [0.5, 0.6) is 0 Å². The first-order valence-corrected chi connectivity index (χ1v) is 3.90. The van der Waals surface area contributed by atoms with E-state index in [1.807, 2.05) is 0 Å². The van der Waals surface area contributed by atoms with Gasteiger partial charge in [-0.05, 0) is 0 Å². The molecule has 0 saturated heterocycles. The second-order valence-electron chi connectivity index (χ2n) is 1.32. The van der Waals surface area contributed by atoms with Crippen LogP contribution >= 0.6 is 0 Å². The molecule has 1 aliphatic heterocycles. The molecule has 0 spiro atoms. The Hall–Kier alpha value is 0.379. The summed E-state index contributed by atoms with van der Waals surface area (Å²) < 4.78 is 6.73. The Bertz CT molecular complexity index is 143. The van der Waals surface area contributed by atoms with Crippen molar-refractivity contribution in [3.63, 3.8) is 0 Å². The van der Waals surface area contributed by atoms with Crippen molar-refractivity contribution in [1.82, 2.24) is 0 Å². The number of rotatable bonds is 0. The fraction of sp³-hybridized carbons (Fsp3) is 0.500. The second kappa shape index (κ2) is 2.79. The van der Waals surface area contributed by atoms with Crippen molar-refractivity contribution in [2.45, 2.75) is 0 Å². The molecule has 1 rings (SSSR count). The summed E-state index contributed by atoms with van der Waals surface area (Å²) in [5.41, 5.74) is 0. The predicted octanol–water partition coefficient (Wildman–Crippen LogP) is -1.12. The molecule has 0 aromatic carbocycles. The summed E-state index contributed by atoms with van der Waals surface area (Å²) in [6.07, 6.45) is 0. The number of nitrogens with zero attached hydrogens (tertiary/aromatic N) is 1. The van der Waals surface area contributed by atoms with E-state index in [9.17, 15) is 0 Å². The molecule has 0 unspecified atom stereocenters. The van der Waals surface area contributed by atoms with Crippen LogP contribution in [0.1, 0.15) is 0 Å². The summed E-state index contributed by atoms with van der Waals surface area (Å²) in [5, 5.41) is 0. The molecule has 0 N–H and O–H groups in total. The van der Waals surface area contributed by atoms with E-state index in [1.54, 1.807) is 0 Å². The molecule has 0 fully saturated rings. The van der Waals surface area contributed by atoms with E-state index in [-0.39, 0.29) is 0 Å². The molecule has 0 aromatic rings. The molecule has 0 amide bonds. The SMILES string of the molecule is [Se]C1=NCCOC1=[Se]. The third-order valence-electron chi connectivity index (χ3n) is 0.754. The molecule has 43 valence electrons. The van der Waals surface area contributed by atoms with E-state index in [2.05, 4.69) is 36.6 Å². The van der Waals surface area contributed by atoms with Gasteiger partial charge in [0.25, 0.3) is 0 Å². The Balaban J connectivity index is 2.67. The monoisotopic (exact) mass is 242 g/mol. The molecule has 8 heavy (non-hydrogen) atoms. The van der Waals surface area contributed by atoms with Crippen molar-refractivity contribution in [2.24, 2.45) is 4.99 Å². The Kier molecular flexibility index (Phi) is 2.26. The summed E-state index contributed by atoms with van der Waals surface area (Å²) in [6, 6.07) is 0. The molecular formula is C4H4NOSe2. The van der Waals surface area contributed by atoms with Gasteiger partial charge in [-0.25, -0.2) is 0 Å². The van der Waals surface area contributed by atoms with Gasteiger partial charge in [-0.15, -0.1) is 0 Å². The topological polar surface area (TPSA) is 21.6 Å². The van der Waals surface area contributed by atoms with Crippen LogP contribution in [0, 0.1) is 0 Å². The van der Waals surface area contributed by atoms with E-state index in [1.165, 1.54) is 0 Å². The van der Waals surface area contributed by atoms with Gasteiger partial charge in [0, 0.05) is 0 Å². The maximum atomic E-state index is 5.09. The van der Waals surface area contributed by atoms with E-state index in [4.69, 9.17) is 4.74 Å². The van der Waals surface area contributed by atoms with Crippen molar-refractivity contribution in [3.05, 3.63) is 0 Å². The third kappa shape index (κ3) is 1.43. The standard InChI is InChI=1S/C4H4NOSe2/c7-3-4(8)6-2-1-5-3/h1-2H2. The van der Waals surface area contributed by atoms with Crippen LogP contribution in [0.2, 0.25) is 0 Å². The number of hydrogen-bond acceptors (Lipinski definition) is 2. The minimum absolute atomic E-state index is 0.702. The quantitative estimate of drug-likeness (QED) is 0.491. The summed E-state index contributed by atoms with van der Waals surface area (Å²) in [7, 11) is 0. The molecule has 0 aliphatic carbocycles. The predicted molar refractivity (Wildman–Crippen MR) is 34.8 cm³/mol. The van der Waals surface area contributed by atoms with Gasteiger partial charge in [0.15, 0.2) is 0 Å². The Labute approximate surface area is 63.9 Å². The zero-order valence-corrected chi connectivity index (χ0v) is 7.51. The van der Waals surface area contributed by atoms with Crippen LogP contribution in [0.4, 0.5) is 0 Å². The minimum atomic E-state index is 0.702. The summed E-state index contributed by atoms with van der Waals surface area (Å²) in [6.45, 7) is 1.47. The van der Waals surface area contributed by atoms with Crippen LogP contribution < -0.4 is 0 Å². The first-order valence-electron chi connectivity index (χ1n) is 2.19. The van der Waals surface area contributed by atoms with Crippen LogP contribution in [0.3, 0.4) is 0 Å². The van der Waals surface area contributed by atoms with Gasteiger partial charge in [0.1, 0.15) is 0 Å². The zero-order valence-electron chi connectivity index (χ0n) is 4.09. The van der Waals surface area contributed by atoms with Crippen molar-refractivity contribution >= 4 is 40.8 Å². The van der Waals surface area contributed by atoms with E-state index in [0.29, 0.717) is 6.61 Å². The number of ether oxygens (including phenoxy) is 1. The second-order valence-corrected chi connectivity index (χ2v) is 2.91. The third-order valence-corrected chi connectivity index (χ3v) is 2.72. The van der Waals surface area contributed by atoms with Crippen molar-refractivity contribution in [3.8, 4) is 0 Å². The van der Waals surface area contributed by atoms with Crippen LogP contribution in [0.25, 0.3) is 0 Å². The normalized spacial score (nSPS) is 19.5. The van der Waals surface area contributed by atoms with Gasteiger partial charge in [0.2, 0.25) is 0 Å². The fourth-order valence-corrected chi connectivity index (χ4v) is 1.04. The Morgan fingerprint density at radius 1 is 1.62 bits per heavy atom. The van der Waals surface area contributed by atoms with E-state index in [0.717, 1.165) is 15.8 Å². The van der Waals surface area contributed by atoms with Gasteiger partial charge in [-0.3, -0.25) is 0 Å². The van der Waals surface area contributed by atoms with Gasteiger partial charge in [0.05, 0.1) is 0 Å². The van der Waals surface area contributed by atoms with E-state index >= 15 is 0 Å². The average molecular weight is 240 g/mol. The summed E-state index contributed by atoms with van der Waals surface area (Å²) >= 11 is 5.55. The van der Waals surface area contributed by atoms with Crippen LogP contribution in [-0.4, -0.2) is 54.0 Å².